The van der Waals surface area contributed by atoms with Gasteiger partial charge in [-0.3, -0.25) is 0 Å². The van der Waals surface area contributed by atoms with Gasteiger partial charge < -0.3 is 15.2 Å². The topological polar surface area (TPSA) is 55.3 Å². The van der Waals surface area contributed by atoms with Crippen molar-refractivity contribution in [3.8, 4) is 0 Å². The summed E-state index contributed by atoms with van der Waals surface area (Å²) in [5.74, 6) is 0.380. The van der Waals surface area contributed by atoms with E-state index in [2.05, 4.69) is 34.3 Å². The Morgan fingerprint density at radius 2 is 2.24 bits per heavy atom. The Kier molecular flexibility index (Phi) is 2.48. The minimum absolute atomic E-state index is 0.380. The third-order valence-corrected chi connectivity index (χ3v) is 3.14. The predicted octanol–water partition coefficient (Wildman–Crippen LogP) is 2.21. The first kappa shape index (κ1) is 10.2. The lowest BCUT2D eigenvalue weighted by molar-refractivity contribution is 0.426. The molecule has 1 aliphatic rings. The zero-order chi connectivity index (χ0) is 11.7. The molecule has 4 nitrogen and oxygen atoms in total. The van der Waals surface area contributed by atoms with E-state index in [-0.39, 0.29) is 0 Å². The van der Waals surface area contributed by atoms with Gasteiger partial charge in [-0.05, 0) is 24.5 Å². The summed E-state index contributed by atoms with van der Waals surface area (Å²) >= 11 is 0. The molecule has 4 heteroatoms. The first-order chi connectivity index (χ1) is 8.33. The van der Waals surface area contributed by atoms with Crippen LogP contribution in [-0.4, -0.2) is 11.7 Å². The van der Waals surface area contributed by atoms with Crippen LogP contribution in [0, 0.1) is 0 Å². The van der Waals surface area contributed by atoms with Gasteiger partial charge in [0.15, 0.2) is 0 Å². The molecule has 0 atom stereocenters. The van der Waals surface area contributed by atoms with E-state index in [0.29, 0.717) is 5.88 Å². The van der Waals surface area contributed by atoms with Gasteiger partial charge in [0.2, 0.25) is 5.88 Å². The molecule has 0 fully saturated rings. The highest BCUT2D eigenvalue weighted by Gasteiger charge is 2.17. The largest absolute Gasteiger partial charge is 0.368 e. The van der Waals surface area contributed by atoms with Crippen LogP contribution in [0.15, 0.2) is 34.9 Å². The fraction of sp³-hybridized carbons (Fsp3) is 0.308. The Labute approximate surface area is 100 Å². The summed E-state index contributed by atoms with van der Waals surface area (Å²) < 4.78 is 4.90. The number of aryl methyl sites for hydroxylation is 1. The third kappa shape index (κ3) is 1.98. The molecule has 17 heavy (non-hydrogen) atoms. The fourth-order valence-corrected chi connectivity index (χ4v) is 2.37. The summed E-state index contributed by atoms with van der Waals surface area (Å²) in [4.78, 5) is 2.33. The van der Waals surface area contributed by atoms with Gasteiger partial charge in [0.25, 0.3) is 0 Å². The van der Waals surface area contributed by atoms with Crippen molar-refractivity contribution in [3.05, 3.63) is 41.6 Å². The van der Waals surface area contributed by atoms with Crippen molar-refractivity contribution in [1.82, 2.24) is 5.16 Å². The Balaban J connectivity index is 1.85. The van der Waals surface area contributed by atoms with E-state index < -0.39 is 0 Å². The summed E-state index contributed by atoms with van der Waals surface area (Å²) in [5.41, 5.74) is 9.14. The molecule has 0 bridgehead atoms. The van der Waals surface area contributed by atoms with E-state index >= 15 is 0 Å². The summed E-state index contributed by atoms with van der Waals surface area (Å²) in [6, 6.07) is 10.3. The molecule has 1 aromatic heterocycles. The molecule has 0 aliphatic carbocycles. The highest BCUT2D eigenvalue weighted by molar-refractivity contribution is 5.55. The maximum Gasteiger partial charge on any atom is 0.222 e. The maximum atomic E-state index is 5.53. The van der Waals surface area contributed by atoms with Crippen molar-refractivity contribution >= 4 is 11.6 Å². The lowest BCUT2D eigenvalue weighted by Gasteiger charge is -2.30. The number of anilines is 2. The van der Waals surface area contributed by atoms with E-state index in [4.69, 9.17) is 10.3 Å². The summed E-state index contributed by atoms with van der Waals surface area (Å²) in [5, 5.41) is 3.94. The van der Waals surface area contributed by atoms with E-state index in [0.717, 1.165) is 25.2 Å². The summed E-state index contributed by atoms with van der Waals surface area (Å²) in [6.07, 6.45) is 2.35. The van der Waals surface area contributed by atoms with Crippen molar-refractivity contribution < 1.29 is 4.52 Å². The van der Waals surface area contributed by atoms with E-state index in [1.165, 1.54) is 17.7 Å². The van der Waals surface area contributed by atoms with Crippen LogP contribution in [0.1, 0.15) is 17.7 Å². The number of hydrogen-bond acceptors (Lipinski definition) is 4. The maximum absolute atomic E-state index is 5.53. The van der Waals surface area contributed by atoms with Crippen molar-refractivity contribution in [2.45, 2.75) is 19.4 Å². The Morgan fingerprint density at radius 3 is 3.06 bits per heavy atom. The Morgan fingerprint density at radius 1 is 1.35 bits per heavy atom. The predicted molar refractivity (Wildman–Crippen MR) is 66.7 cm³/mol. The van der Waals surface area contributed by atoms with Crippen LogP contribution in [0.5, 0.6) is 0 Å². The molecule has 0 unspecified atom stereocenters. The molecular formula is C13H15N3O. The normalized spacial score (nSPS) is 14.7. The number of fused-ring (bicyclic) bond motifs is 1. The molecule has 0 spiro atoms. The smallest absolute Gasteiger partial charge is 0.222 e. The van der Waals surface area contributed by atoms with Gasteiger partial charge in [0.1, 0.15) is 5.69 Å². The van der Waals surface area contributed by atoms with Gasteiger partial charge >= 0.3 is 0 Å². The molecule has 0 amide bonds. The quantitative estimate of drug-likeness (QED) is 0.857. The zero-order valence-corrected chi connectivity index (χ0v) is 9.60. The van der Waals surface area contributed by atoms with E-state index in [9.17, 15) is 0 Å². The van der Waals surface area contributed by atoms with Crippen molar-refractivity contribution in [2.75, 3.05) is 17.2 Å². The van der Waals surface area contributed by atoms with Crippen LogP contribution in [0.25, 0.3) is 0 Å². The van der Waals surface area contributed by atoms with Crippen molar-refractivity contribution in [3.63, 3.8) is 0 Å². The Bertz CT molecular complexity index is 521. The second-order valence-corrected chi connectivity index (χ2v) is 4.37. The second kappa shape index (κ2) is 4.13. The lowest BCUT2D eigenvalue weighted by atomic mass is 10.0. The number of aromatic nitrogens is 1. The minimum atomic E-state index is 0.380. The number of para-hydroxylation sites is 1. The van der Waals surface area contributed by atoms with Gasteiger partial charge in [-0.25, -0.2) is 0 Å². The summed E-state index contributed by atoms with van der Waals surface area (Å²) in [7, 11) is 0. The van der Waals surface area contributed by atoms with Crippen LogP contribution in [0.2, 0.25) is 0 Å². The molecule has 3 rings (SSSR count). The number of nitrogens with two attached hydrogens (primary N) is 1. The minimum Gasteiger partial charge on any atom is -0.368 e. The van der Waals surface area contributed by atoms with Crippen LogP contribution in [0.3, 0.4) is 0 Å². The highest BCUT2D eigenvalue weighted by Crippen LogP contribution is 2.27. The zero-order valence-electron chi connectivity index (χ0n) is 9.60. The first-order valence-corrected chi connectivity index (χ1v) is 5.87. The standard InChI is InChI=1S/C13H15N3O/c14-13-8-11(15-17-13)9-16-7-3-5-10-4-1-2-6-12(10)16/h1-2,4,6,8H,3,5,7,9,14H2. The monoisotopic (exact) mass is 229 g/mol. The molecule has 2 aromatic rings. The molecule has 2 N–H and O–H groups in total. The molecule has 2 heterocycles. The number of rotatable bonds is 2. The third-order valence-electron chi connectivity index (χ3n) is 3.14. The SMILES string of the molecule is Nc1cc(CN2CCCc3ccccc32)no1. The van der Waals surface area contributed by atoms with E-state index in [1.807, 2.05) is 0 Å². The van der Waals surface area contributed by atoms with Crippen LogP contribution in [-0.2, 0) is 13.0 Å². The molecule has 0 saturated heterocycles. The number of nitrogens with zero attached hydrogens (tertiary/aromatic N) is 2. The van der Waals surface area contributed by atoms with Gasteiger partial charge in [-0.1, -0.05) is 23.4 Å². The van der Waals surface area contributed by atoms with Gasteiger partial charge in [-0.15, -0.1) is 0 Å². The Hall–Kier alpha value is -1.97. The first-order valence-electron chi connectivity index (χ1n) is 5.87. The highest BCUT2D eigenvalue weighted by atomic mass is 16.5. The molecular weight excluding hydrogens is 214 g/mol. The summed E-state index contributed by atoms with van der Waals surface area (Å²) in [6.45, 7) is 1.82. The second-order valence-electron chi connectivity index (χ2n) is 4.37. The fourth-order valence-electron chi connectivity index (χ4n) is 2.37. The van der Waals surface area contributed by atoms with Crippen molar-refractivity contribution in [1.29, 1.82) is 0 Å². The molecule has 1 aromatic carbocycles. The molecule has 0 radical (unpaired) electrons. The van der Waals surface area contributed by atoms with Crippen LogP contribution < -0.4 is 10.6 Å². The van der Waals surface area contributed by atoms with Crippen LogP contribution in [0.4, 0.5) is 11.6 Å². The number of benzene rings is 1. The lowest BCUT2D eigenvalue weighted by Crippen LogP contribution is -2.28. The van der Waals surface area contributed by atoms with Gasteiger partial charge in [0, 0.05) is 18.3 Å². The van der Waals surface area contributed by atoms with Gasteiger partial charge in [-0.2, -0.15) is 0 Å². The molecule has 88 valence electrons. The van der Waals surface area contributed by atoms with Crippen molar-refractivity contribution in [2.24, 2.45) is 0 Å². The average molecular weight is 229 g/mol. The molecule has 0 saturated carbocycles. The molecule has 1 aliphatic heterocycles. The van der Waals surface area contributed by atoms with E-state index in [1.54, 1.807) is 6.07 Å². The number of hydrogen-bond donors (Lipinski definition) is 1. The number of nitrogen functional groups attached to an aromatic ring is 1. The average Bonchev–Trinajstić information content (AvgIpc) is 2.75. The van der Waals surface area contributed by atoms with Gasteiger partial charge in [0.05, 0.1) is 6.54 Å². The van der Waals surface area contributed by atoms with Crippen LogP contribution >= 0.6 is 0 Å².